The van der Waals surface area contributed by atoms with Gasteiger partial charge in [-0.3, -0.25) is 0 Å². The molecule has 106 valence electrons. The second kappa shape index (κ2) is 6.25. The molecular weight excluding hydrogens is 286 g/mol. The van der Waals surface area contributed by atoms with Crippen molar-refractivity contribution in [2.24, 2.45) is 0 Å². The molecule has 0 saturated carbocycles. The average molecular weight is 299 g/mol. The summed E-state index contributed by atoms with van der Waals surface area (Å²) in [6.07, 6.45) is 1.32. The molecule has 0 radical (unpaired) electrons. The Balaban J connectivity index is 2.55. The maximum Gasteiger partial charge on any atom is 0.216 e. The molecule has 2 aromatic carbocycles. The quantitative estimate of drug-likeness (QED) is 0.814. The van der Waals surface area contributed by atoms with Crippen LogP contribution in [-0.4, -0.2) is 15.5 Å². The highest BCUT2D eigenvalue weighted by Crippen LogP contribution is 2.25. The molecule has 0 unspecified atom stereocenters. The van der Waals surface area contributed by atoms with Crippen LogP contribution in [0, 0.1) is 11.3 Å². The monoisotopic (exact) mass is 299 g/mol. The van der Waals surface area contributed by atoms with E-state index in [9.17, 15) is 13.7 Å². The summed E-state index contributed by atoms with van der Waals surface area (Å²) in [6, 6.07) is 16.5. The molecule has 0 aromatic heterocycles. The molecule has 0 aliphatic rings. The minimum absolute atomic E-state index is 0.0905. The second-order valence-corrected chi connectivity index (χ2v) is 6.10. The third-order valence-corrected chi connectivity index (χ3v) is 4.56. The molecule has 0 spiro atoms. The van der Waals surface area contributed by atoms with E-state index >= 15 is 0 Å². The van der Waals surface area contributed by atoms with Crippen LogP contribution in [-0.2, 0) is 9.84 Å². The maximum absolute atomic E-state index is 12.4. The van der Waals surface area contributed by atoms with E-state index in [4.69, 9.17) is 4.74 Å². The molecule has 4 nitrogen and oxygen atoms in total. The predicted molar refractivity (Wildman–Crippen MR) is 80.2 cm³/mol. The Labute approximate surface area is 123 Å². The summed E-state index contributed by atoms with van der Waals surface area (Å²) in [5, 5.41) is 9.21. The van der Waals surface area contributed by atoms with Gasteiger partial charge in [-0.2, -0.15) is 5.26 Å². The van der Waals surface area contributed by atoms with Gasteiger partial charge in [0.1, 0.15) is 16.7 Å². The van der Waals surface area contributed by atoms with Gasteiger partial charge in [0.05, 0.1) is 12.0 Å². The Morgan fingerprint density at radius 3 is 2.33 bits per heavy atom. The number of methoxy groups -OCH3 is 1. The summed E-state index contributed by atoms with van der Waals surface area (Å²) in [5.41, 5.74) is 0.538. The third-order valence-electron chi connectivity index (χ3n) is 2.88. The van der Waals surface area contributed by atoms with Gasteiger partial charge < -0.3 is 4.74 Å². The van der Waals surface area contributed by atoms with Gasteiger partial charge in [-0.25, -0.2) is 8.42 Å². The first kappa shape index (κ1) is 14.8. The molecule has 21 heavy (non-hydrogen) atoms. The lowest BCUT2D eigenvalue weighted by atomic mass is 10.2. The fourth-order valence-electron chi connectivity index (χ4n) is 1.82. The number of para-hydroxylation sites is 1. The standard InChI is InChI=1S/C16H13NO3S/c1-20-16-10-6-5-7-13(16)11-15(12-17)21(18,19)14-8-3-2-4-9-14/h2-11H,1H3/b15-11+. The number of rotatable bonds is 4. The Kier molecular flexibility index (Phi) is 4.41. The van der Waals surface area contributed by atoms with E-state index in [0.717, 1.165) is 0 Å². The van der Waals surface area contributed by atoms with Crippen LogP contribution in [0.4, 0.5) is 0 Å². The summed E-state index contributed by atoms with van der Waals surface area (Å²) < 4.78 is 30.0. The van der Waals surface area contributed by atoms with Crippen LogP contribution in [0.25, 0.3) is 6.08 Å². The molecule has 0 saturated heterocycles. The molecule has 0 aliphatic carbocycles. The Morgan fingerprint density at radius 2 is 1.71 bits per heavy atom. The molecule has 0 bridgehead atoms. The lowest BCUT2D eigenvalue weighted by molar-refractivity contribution is 0.414. The van der Waals surface area contributed by atoms with Crippen molar-refractivity contribution in [1.82, 2.24) is 0 Å². The van der Waals surface area contributed by atoms with Crippen molar-refractivity contribution >= 4 is 15.9 Å². The lowest BCUT2D eigenvalue weighted by Gasteiger charge is -2.06. The van der Waals surface area contributed by atoms with E-state index in [0.29, 0.717) is 11.3 Å². The molecule has 5 heteroatoms. The highest BCUT2D eigenvalue weighted by atomic mass is 32.2. The highest BCUT2D eigenvalue weighted by molar-refractivity contribution is 7.95. The van der Waals surface area contributed by atoms with Gasteiger partial charge in [-0.05, 0) is 24.3 Å². The molecule has 0 heterocycles. The summed E-state index contributed by atoms with van der Waals surface area (Å²) in [5.74, 6) is 0.508. The van der Waals surface area contributed by atoms with E-state index in [1.165, 1.54) is 25.3 Å². The number of hydrogen-bond acceptors (Lipinski definition) is 4. The van der Waals surface area contributed by atoms with Crippen molar-refractivity contribution < 1.29 is 13.2 Å². The molecule has 0 amide bonds. The van der Waals surface area contributed by atoms with Crippen molar-refractivity contribution in [1.29, 1.82) is 5.26 Å². The van der Waals surface area contributed by atoms with Crippen LogP contribution in [0.15, 0.2) is 64.4 Å². The molecule has 0 fully saturated rings. The molecule has 2 rings (SSSR count). The van der Waals surface area contributed by atoms with E-state index in [2.05, 4.69) is 0 Å². The Bertz CT molecular complexity index is 803. The van der Waals surface area contributed by atoms with Gasteiger partial charge in [-0.1, -0.05) is 36.4 Å². The summed E-state index contributed by atoms with van der Waals surface area (Å²) >= 11 is 0. The number of hydrogen-bond donors (Lipinski definition) is 0. The normalized spacial score (nSPS) is 11.7. The van der Waals surface area contributed by atoms with E-state index in [1.807, 2.05) is 0 Å². The Morgan fingerprint density at radius 1 is 1.10 bits per heavy atom. The van der Waals surface area contributed by atoms with Crippen LogP contribution in [0.1, 0.15) is 5.56 Å². The fraction of sp³-hybridized carbons (Fsp3) is 0.0625. The molecule has 0 atom stereocenters. The summed E-state index contributed by atoms with van der Waals surface area (Å²) in [6.45, 7) is 0. The maximum atomic E-state index is 12.4. The SMILES string of the molecule is COc1ccccc1/C=C(\C#N)S(=O)(=O)c1ccccc1. The van der Waals surface area contributed by atoms with Crippen molar-refractivity contribution in [3.63, 3.8) is 0 Å². The molecular formula is C16H13NO3S. The number of sulfone groups is 1. The molecule has 0 N–H and O–H groups in total. The number of nitriles is 1. The first-order valence-corrected chi connectivity index (χ1v) is 7.63. The first-order valence-electron chi connectivity index (χ1n) is 6.14. The topological polar surface area (TPSA) is 67.2 Å². The van der Waals surface area contributed by atoms with Crippen LogP contribution in [0.3, 0.4) is 0 Å². The van der Waals surface area contributed by atoms with Gasteiger partial charge in [-0.15, -0.1) is 0 Å². The van der Waals surface area contributed by atoms with E-state index in [1.54, 1.807) is 48.5 Å². The van der Waals surface area contributed by atoms with Gasteiger partial charge in [0.2, 0.25) is 9.84 Å². The Hall–Kier alpha value is -2.58. The highest BCUT2D eigenvalue weighted by Gasteiger charge is 2.20. The first-order chi connectivity index (χ1) is 10.1. The van der Waals surface area contributed by atoms with Gasteiger partial charge in [0.15, 0.2) is 0 Å². The van der Waals surface area contributed by atoms with E-state index in [-0.39, 0.29) is 9.80 Å². The zero-order valence-electron chi connectivity index (χ0n) is 11.4. The van der Waals surface area contributed by atoms with E-state index < -0.39 is 9.84 Å². The van der Waals surface area contributed by atoms with Crippen LogP contribution < -0.4 is 4.74 Å². The van der Waals surface area contributed by atoms with Crippen molar-refractivity contribution in [3.05, 3.63) is 65.1 Å². The number of nitrogens with zero attached hydrogens (tertiary/aromatic N) is 1. The number of benzene rings is 2. The second-order valence-electron chi connectivity index (χ2n) is 4.18. The minimum Gasteiger partial charge on any atom is -0.496 e. The van der Waals surface area contributed by atoms with Crippen LogP contribution in [0.5, 0.6) is 5.75 Å². The lowest BCUT2D eigenvalue weighted by Crippen LogP contribution is -2.03. The van der Waals surface area contributed by atoms with Gasteiger partial charge >= 0.3 is 0 Å². The van der Waals surface area contributed by atoms with Crippen molar-refractivity contribution in [2.75, 3.05) is 7.11 Å². The van der Waals surface area contributed by atoms with Gasteiger partial charge in [0, 0.05) is 5.56 Å². The zero-order valence-corrected chi connectivity index (χ0v) is 12.2. The zero-order chi connectivity index (χ0) is 15.3. The molecule has 2 aromatic rings. The van der Waals surface area contributed by atoms with Gasteiger partial charge in [0.25, 0.3) is 0 Å². The summed E-state index contributed by atoms with van der Waals surface area (Å²) in [4.78, 5) is -0.231. The number of allylic oxidation sites excluding steroid dienone is 1. The number of ether oxygens (including phenoxy) is 1. The predicted octanol–water partition coefficient (Wildman–Crippen LogP) is 3.03. The largest absolute Gasteiger partial charge is 0.496 e. The fourth-order valence-corrected chi connectivity index (χ4v) is 3.00. The van der Waals surface area contributed by atoms with Crippen LogP contribution in [0.2, 0.25) is 0 Å². The third kappa shape index (κ3) is 3.12. The average Bonchev–Trinajstić information content (AvgIpc) is 2.53. The van der Waals surface area contributed by atoms with Crippen molar-refractivity contribution in [3.8, 4) is 11.8 Å². The van der Waals surface area contributed by atoms with Crippen molar-refractivity contribution in [2.45, 2.75) is 4.90 Å². The smallest absolute Gasteiger partial charge is 0.216 e. The van der Waals surface area contributed by atoms with Crippen LogP contribution >= 0.6 is 0 Å². The molecule has 0 aliphatic heterocycles. The summed E-state index contributed by atoms with van der Waals surface area (Å²) in [7, 11) is -2.34. The minimum atomic E-state index is -3.83.